The van der Waals surface area contributed by atoms with Crippen molar-refractivity contribution in [2.24, 2.45) is 0 Å². The molecule has 4 amide bonds. The Balaban J connectivity index is 1.53. The number of rotatable bonds is 8. The van der Waals surface area contributed by atoms with E-state index in [0.29, 0.717) is 24.3 Å². The molecule has 250 valence electrons. The molecule has 0 bridgehead atoms. The van der Waals surface area contributed by atoms with Crippen molar-refractivity contribution in [3.63, 3.8) is 0 Å². The molecule has 2 aliphatic rings. The summed E-state index contributed by atoms with van der Waals surface area (Å²) in [6, 6.07) is 12.9. The number of piperidine rings is 1. The fourth-order valence-electron chi connectivity index (χ4n) is 5.85. The van der Waals surface area contributed by atoms with E-state index in [1.807, 2.05) is 103 Å². The van der Waals surface area contributed by atoms with Crippen LogP contribution in [0.3, 0.4) is 0 Å². The average molecular weight is 653 g/mol. The van der Waals surface area contributed by atoms with Crippen LogP contribution in [-0.2, 0) is 20.9 Å². The highest BCUT2D eigenvalue weighted by molar-refractivity contribution is 8.01. The molecule has 1 fully saturated rings. The van der Waals surface area contributed by atoms with Crippen LogP contribution in [0.15, 0.2) is 47.4 Å². The second-order valence-electron chi connectivity index (χ2n) is 13.7. The lowest BCUT2D eigenvalue weighted by atomic mass is 9.99. The zero-order valence-corrected chi connectivity index (χ0v) is 29.2. The van der Waals surface area contributed by atoms with Gasteiger partial charge < -0.3 is 29.5 Å². The second-order valence-corrected chi connectivity index (χ2v) is 15.4. The molecule has 2 aromatic rings. The number of aryl methyl sites for hydroxylation is 1. The van der Waals surface area contributed by atoms with Gasteiger partial charge in [0.2, 0.25) is 5.91 Å². The number of ether oxygens (including phenoxy) is 2. The number of hydrogen-bond acceptors (Lipinski definition) is 7. The number of likely N-dealkylation sites (tertiary alicyclic amines) is 1. The molecule has 1 atom stereocenters. The van der Waals surface area contributed by atoms with Gasteiger partial charge in [0.1, 0.15) is 12.2 Å². The summed E-state index contributed by atoms with van der Waals surface area (Å²) < 4.78 is 10.2. The van der Waals surface area contributed by atoms with E-state index in [-0.39, 0.29) is 49.7 Å². The smallest absolute Gasteiger partial charge is 0.410 e. The van der Waals surface area contributed by atoms with Gasteiger partial charge in [-0.3, -0.25) is 9.59 Å². The molecule has 2 aromatic carbocycles. The molecule has 0 spiro atoms. The highest BCUT2D eigenvalue weighted by atomic mass is 32.2. The Kier molecular flexibility index (Phi) is 11.0. The van der Waals surface area contributed by atoms with Crippen molar-refractivity contribution in [2.45, 2.75) is 102 Å². The van der Waals surface area contributed by atoms with Crippen molar-refractivity contribution in [1.29, 1.82) is 0 Å². The van der Waals surface area contributed by atoms with Crippen molar-refractivity contribution in [2.75, 3.05) is 31.1 Å². The van der Waals surface area contributed by atoms with E-state index >= 15 is 0 Å². The third-order valence-electron chi connectivity index (χ3n) is 8.00. The van der Waals surface area contributed by atoms with Gasteiger partial charge in [-0.05, 0) is 91.5 Å². The third-order valence-corrected chi connectivity index (χ3v) is 9.23. The maximum atomic E-state index is 14.3. The lowest BCUT2D eigenvalue weighted by Crippen LogP contribution is -2.54. The fraction of sp³-hybridized carbons (Fsp3) is 0.543. The first-order chi connectivity index (χ1) is 21.6. The molecular weight excluding hydrogens is 604 g/mol. The van der Waals surface area contributed by atoms with Crippen LogP contribution in [0.5, 0.6) is 0 Å². The maximum absolute atomic E-state index is 14.3. The SMILES string of the molecule is Cc1cc2c(cc1C(=O)N(C(C)C)[C@@H]1CCCN(C(=O)OC(C)(C)C)C1)N(CCNC(=O)OCc1ccccc1)C(=O)C(C)(C)S2. The van der Waals surface area contributed by atoms with E-state index in [1.54, 1.807) is 9.80 Å². The molecule has 0 radical (unpaired) electrons. The maximum Gasteiger partial charge on any atom is 0.410 e. The molecule has 0 unspecified atom stereocenters. The Hall–Kier alpha value is -3.73. The first-order valence-electron chi connectivity index (χ1n) is 16.0. The zero-order valence-electron chi connectivity index (χ0n) is 28.3. The number of anilines is 1. The van der Waals surface area contributed by atoms with Crippen molar-refractivity contribution >= 4 is 41.5 Å². The number of carbonyl (C=O) groups is 4. The summed E-state index contributed by atoms with van der Waals surface area (Å²) in [5.41, 5.74) is 2.24. The highest BCUT2D eigenvalue weighted by Gasteiger charge is 2.41. The van der Waals surface area contributed by atoms with E-state index in [9.17, 15) is 19.2 Å². The Morgan fingerprint density at radius 3 is 2.48 bits per heavy atom. The van der Waals surface area contributed by atoms with Gasteiger partial charge in [0.05, 0.1) is 16.5 Å². The van der Waals surface area contributed by atoms with Crippen molar-refractivity contribution < 1.29 is 28.7 Å². The summed E-state index contributed by atoms with van der Waals surface area (Å²) in [6.45, 7) is 16.7. The number of thioether (sulfide) groups is 1. The minimum Gasteiger partial charge on any atom is -0.445 e. The van der Waals surface area contributed by atoms with E-state index in [4.69, 9.17) is 9.47 Å². The molecule has 4 rings (SSSR count). The zero-order chi connectivity index (χ0) is 33.8. The van der Waals surface area contributed by atoms with Crippen molar-refractivity contribution in [3.05, 3.63) is 59.2 Å². The molecule has 46 heavy (non-hydrogen) atoms. The van der Waals surface area contributed by atoms with Crippen molar-refractivity contribution in [1.82, 2.24) is 15.1 Å². The Labute approximate surface area is 277 Å². The van der Waals surface area contributed by atoms with Crippen LogP contribution in [0, 0.1) is 6.92 Å². The molecule has 0 aromatic heterocycles. The van der Waals surface area contributed by atoms with Gasteiger partial charge in [0.25, 0.3) is 5.91 Å². The van der Waals surface area contributed by atoms with Gasteiger partial charge in [-0.2, -0.15) is 0 Å². The summed E-state index contributed by atoms with van der Waals surface area (Å²) >= 11 is 1.47. The van der Waals surface area contributed by atoms with Crippen LogP contribution in [0.2, 0.25) is 0 Å². The van der Waals surface area contributed by atoms with Gasteiger partial charge in [-0.25, -0.2) is 9.59 Å². The number of fused-ring (bicyclic) bond motifs is 1. The van der Waals surface area contributed by atoms with Crippen LogP contribution in [0.4, 0.5) is 15.3 Å². The molecule has 10 nitrogen and oxygen atoms in total. The number of nitrogens with zero attached hydrogens (tertiary/aromatic N) is 3. The number of amides is 4. The van der Waals surface area contributed by atoms with Gasteiger partial charge >= 0.3 is 12.2 Å². The van der Waals surface area contributed by atoms with Crippen LogP contribution in [-0.4, -0.2) is 82.4 Å². The largest absolute Gasteiger partial charge is 0.445 e. The van der Waals surface area contributed by atoms with Crippen LogP contribution < -0.4 is 10.2 Å². The monoisotopic (exact) mass is 652 g/mol. The summed E-state index contributed by atoms with van der Waals surface area (Å²) in [6.07, 6.45) is 0.596. The highest BCUT2D eigenvalue weighted by Crippen LogP contribution is 2.46. The summed E-state index contributed by atoms with van der Waals surface area (Å²) in [5, 5.41) is 2.75. The number of hydrogen-bond donors (Lipinski definition) is 1. The Bertz CT molecular complexity index is 1440. The molecule has 0 aliphatic carbocycles. The average Bonchev–Trinajstić information content (AvgIpc) is 2.97. The third kappa shape index (κ3) is 8.54. The molecule has 2 aliphatic heterocycles. The Morgan fingerprint density at radius 2 is 1.83 bits per heavy atom. The lowest BCUT2D eigenvalue weighted by molar-refractivity contribution is -0.120. The molecule has 11 heteroatoms. The number of carbonyl (C=O) groups excluding carboxylic acids is 4. The van der Waals surface area contributed by atoms with E-state index in [1.165, 1.54) is 11.8 Å². The van der Waals surface area contributed by atoms with E-state index in [2.05, 4.69) is 5.32 Å². The minimum absolute atomic E-state index is 0.104. The summed E-state index contributed by atoms with van der Waals surface area (Å²) in [5.74, 6) is -0.246. The molecule has 0 saturated carbocycles. The standard InChI is InChI=1S/C35H48N4O6S/c1-23(2)39(26-15-12-17-37(21-26)33(43)45-34(4,5)6)30(40)27-20-28-29(19-24(27)3)46-35(7,8)31(41)38(28)18-16-36-32(42)44-22-25-13-10-9-11-14-25/h9-11,13-14,19-20,23,26H,12,15-18,21-22H2,1-8H3,(H,36,42)/t26-/m1/s1. The van der Waals surface area contributed by atoms with Gasteiger partial charge in [0.15, 0.2) is 0 Å². The molecule has 1 saturated heterocycles. The van der Waals surface area contributed by atoms with Crippen LogP contribution >= 0.6 is 11.8 Å². The predicted octanol–water partition coefficient (Wildman–Crippen LogP) is 6.39. The quantitative estimate of drug-likeness (QED) is 0.352. The fourth-order valence-corrected chi connectivity index (χ4v) is 7.10. The lowest BCUT2D eigenvalue weighted by Gasteiger charge is -2.42. The van der Waals surface area contributed by atoms with Gasteiger partial charge in [0, 0.05) is 42.7 Å². The number of nitrogens with one attached hydrogen (secondary N) is 1. The Morgan fingerprint density at radius 1 is 1.13 bits per heavy atom. The number of benzene rings is 2. The van der Waals surface area contributed by atoms with E-state index < -0.39 is 16.4 Å². The predicted molar refractivity (Wildman–Crippen MR) is 180 cm³/mol. The number of alkyl carbamates (subject to hydrolysis) is 1. The van der Waals surface area contributed by atoms with Crippen LogP contribution in [0.1, 0.15) is 82.8 Å². The molecule has 1 N–H and O–H groups in total. The second kappa shape index (κ2) is 14.4. The van der Waals surface area contributed by atoms with Crippen LogP contribution in [0.25, 0.3) is 0 Å². The summed E-state index contributed by atoms with van der Waals surface area (Å²) in [7, 11) is 0. The molecule has 2 heterocycles. The first-order valence-corrected chi connectivity index (χ1v) is 16.8. The minimum atomic E-state index is -0.726. The molecular formula is C35H48N4O6S. The van der Waals surface area contributed by atoms with Crippen molar-refractivity contribution in [3.8, 4) is 0 Å². The normalized spacial score (nSPS) is 17.8. The summed E-state index contributed by atoms with van der Waals surface area (Å²) in [4.78, 5) is 59.4. The van der Waals surface area contributed by atoms with Gasteiger partial charge in [-0.15, -0.1) is 11.8 Å². The van der Waals surface area contributed by atoms with Gasteiger partial charge in [-0.1, -0.05) is 30.3 Å². The van der Waals surface area contributed by atoms with E-state index in [0.717, 1.165) is 28.9 Å². The topological polar surface area (TPSA) is 108 Å². The first kappa shape index (κ1) is 35.1.